The van der Waals surface area contributed by atoms with Gasteiger partial charge in [-0.15, -0.1) is 0 Å². The minimum Gasteiger partial charge on any atom is -0.468 e. The topological polar surface area (TPSA) is 65.8 Å². The number of likely N-dealkylation sites (tertiary alicyclic amines) is 1. The molecule has 2 atom stereocenters. The fourth-order valence-corrected chi connectivity index (χ4v) is 4.32. The van der Waals surface area contributed by atoms with Gasteiger partial charge < -0.3 is 14.6 Å². The van der Waals surface area contributed by atoms with Gasteiger partial charge in [-0.25, -0.2) is 0 Å². The summed E-state index contributed by atoms with van der Waals surface area (Å²) >= 11 is 0. The molecule has 0 radical (unpaired) electrons. The van der Waals surface area contributed by atoms with Crippen LogP contribution < -0.4 is 10.2 Å². The number of aryl methyl sites for hydroxylation is 1. The highest BCUT2D eigenvalue weighted by Crippen LogP contribution is 2.27. The molecule has 2 fully saturated rings. The lowest BCUT2D eigenvalue weighted by Gasteiger charge is -2.33. The van der Waals surface area contributed by atoms with Crippen LogP contribution in [0.3, 0.4) is 0 Å². The van der Waals surface area contributed by atoms with Gasteiger partial charge in [0.15, 0.2) is 0 Å². The van der Waals surface area contributed by atoms with Crippen molar-refractivity contribution in [2.75, 3.05) is 31.1 Å². The Morgan fingerprint density at radius 3 is 2.62 bits per heavy atom. The maximum Gasteiger partial charge on any atom is 0.227 e. The number of nitrogens with one attached hydrogen (secondary N) is 1. The number of nitrogens with zero attached hydrogens (tertiary/aromatic N) is 2. The number of carbonyl (C=O) groups excluding carboxylic acids is 2. The molecule has 2 aliphatic rings. The van der Waals surface area contributed by atoms with Gasteiger partial charge >= 0.3 is 0 Å². The van der Waals surface area contributed by atoms with Crippen molar-refractivity contribution in [1.82, 2.24) is 10.2 Å². The maximum atomic E-state index is 12.8. The quantitative estimate of drug-likeness (QED) is 0.815. The zero-order chi connectivity index (χ0) is 20.2. The molecule has 2 aromatic rings. The molecule has 1 aromatic carbocycles. The number of anilines is 1. The van der Waals surface area contributed by atoms with E-state index >= 15 is 0 Å². The highest BCUT2D eigenvalue weighted by Gasteiger charge is 2.35. The number of benzene rings is 1. The van der Waals surface area contributed by atoms with Gasteiger partial charge in [0.2, 0.25) is 11.8 Å². The van der Waals surface area contributed by atoms with E-state index in [2.05, 4.69) is 10.2 Å². The van der Waals surface area contributed by atoms with Crippen molar-refractivity contribution in [3.8, 4) is 0 Å². The lowest BCUT2D eigenvalue weighted by atomic mass is 10.1. The highest BCUT2D eigenvalue weighted by molar-refractivity contribution is 6.00. The minimum absolute atomic E-state index is 0.00705. The van der Waals surface area contributed by atoms with Crippen LogP contribution in [0.5, 0.6) is 0 Å². The molecule has 1 N–H and O–H groups in total. The molecule has 0 unspecified atom stereocenters. The van der Waals surface area contributed by atoms with Crippen molar-refractivity contribution in [2.24, 2.45) is 5.92 Å². The van der Waals surface area contributed by atoms with E-state index in [1.807, 2.05) is 43.3 Å². The molecule has 29 heavy (non-hydrogen) atoms. The molecule has 0 aliphatic carbocycles. The van der Waals surface area contributed by atoms with E-state index in [1.165, 1.54) is 19.3 Å². The largest absolute Gasteiger partial charge is 0.468 e. The van der Waals surface area contributed by atoms with E-state index in [9.17, 15) is 9.59 Å². The standard InChI is InChI=1S/C23H29N3O3/c1-17-7-9-19(10-8-17)26-16-18(14-22(26)27)23(28)24-15-20(21-6-5-13-29-21)25-11-3-2-4-12-25/h5-10,13,18,20H,2-4,11-12,14-16H2,1H3,(H,24,28)/t18-,20+/m1/s1. The molecule has 3 heterocycles. The summed E-state index contributed by atoms with van der Waals surface area (Å²) in [4.78, 5) is 29.4. The van der Waals surface area contributed by atoms with Gasteiger partial charge in [-0.05, 0) is 57.1 Å². The Kier molecular flexibility index (Phi) is 6.00. The lowest BCUT2D eigenvalue weighted by molar-refractivity contribution is -0.126. The van der Waals surface area contributed by atoms with Crippen molar-refractivity contribution in [1.29, 1.82) is 0 Å². The summed E-state index contributed by atoms with van der Waals surface area (Å²) in [5.41, 5.74) is 2.01. The number of furan rings is 1. The third-order valence-electron chi connectivity index (χ3n) is 6.01. The van der Waals surface area contributed by atoms with Crippen LogP contribution in [0.2, 0.25) is 0 Å². The number of hydrogen-bond donors (Lipinski definition) is 1. The Morgan fingerprint density at radius 1 is 1.17 bits per heavy atom. The van der Waals surface area contributed by atoms with Crippen LogP contribution in [0.4, 0.5) is 5.69 Å². The van der Waals surface area contributed by atoms with Crippen molar-refractivity contribution in [3.05, 3.63) is 54.0 Å². The molecular formula is C23H29N3O3. The number of carbonyl (C=O) groups is 2. The predicted octanol–water partition coefficient (Wildman–Crippen LogP) is 3.28. The Morgan fingerprint density at radius 2 is 1.93 bits per heavy atom. The molecule has 4 rings (SSSR count). The van der Waals surface area contributed by atoms with E-state index in [1.54, 1.807) is 11.2 Å². The van der Waals surface area contributed by atoms with E-state index < -0.39 is 0 Å². The van der Waals surface area contributed by atoms with Crippen molar-refractivity contribution in [3.63, 3.8) is 0 Å². The number of hydrogen-bond acceptors (Lipinski definition) is 4. The van der Waals surface area contributed by atoms with Gasteiger partial charge in [0, 0.05) is 25.2 Å². The number of amides is 2. The van der Waals surface area contributed by atoms with E-state index in [0.717, 1.165) is 30.1 Å². The third kappa shape index (κ3) is 4.53. The normalized spacial score (nSPS) is 21.3. The first-order valence-electron chi connectivity index (χ1n) is 10.5. The highest BCUT2D eigenvalue weighted by atomic mass is 16.3. The van der Waals surface area contributed by atoms with E-state index in [-0.39, 0.29) is 30.2 Å². The molecule has 1 aromatic heterocycles. The van der Waals surface area contributed by atoms with Crippen molar-refractivity contribution < 1.29 is 14.0 Å². The van der Waals surface area contributed by atoms with Crippen LogP contribution in [0.15, 0.2) is 47.1 Å². The van der Waals surface area contributed by atoms with Gasteiger partial charge in [-0.1, -0.05) is 24.1 Å². The van der Waals surface area contributed by atoms with Gasteiger partial charge in [0.25, 0.3) is 0 Å². The molecule has 6 heteroatoms. The fraction of sp³-hybridized carbons (Fsp3) is 0.478. The summed E-state index contributed by atoms with van der Waals surface area (Å²) in [5, 5.41) is 3.09. The third-order valence-corrected chi connectivity index (χ3v) is 6.01. The molecule has 2 aliphatic heterocycles. The van der Waals surface area contributed by atoms with Gasteiger partial charge in [0.1, 0.15) is 5.76 Å². The first-order valence-corrected chi connectivity index (χ1v) is 10.5. The van der Waals surface area contributed by atoms with Gasteiger partial charge in [-0.2, -0.15) is 0 Å². The average Bonchev–Trinajstić information content (AvgIpc) is 3.40. The number of rotatable bonds is 6. The molecule has 2 amide bonds. The molecular weight excluding hydrogens is 366 g/mol. The summed E-state index contributed by atoms with van der Waals surface area (Å²) in [6.07, 6.45) is 5.55. The lowest BCUT2D eigenvalue weighted by Crippen LogP contribution is -2.42. The first kappa shape index (κ1) is 19.7. The van der Waals surface area contributed by atoms with Gasteiger partial charge in [0.05, 0.1) is 18.2 Å². The van der Waals surface area contributed by atoms with Crippen LogP contribution in [0.25, 0.3) is 0 Å². The average molecular weight is 396 g/mol. The van der Waals surface area contributed by atoms with Crippen LogP contribution in [0, 0.1) is 12.8 Å². The second-order valence-electron chi connectivity index (χ2n) is 8.11. The van der Waals surface area contributed by atoms with Crippen molar-refractivity contribution >= 4 is 17.5 Å². The first-order chi connectivity index (χ1) is 14.1. The summed E-state index contributed by atoms with van der Waals surface area (Å²) < 4.78 is 5.65. The fourth-order valence-electron chi connectivity index (χ4n) is 4.32. The van der Waals surface area contributed by atoms with Crippen LogP contribution in [0.1, 0.15) is 43.0 Å². The zero-order valence-corrected chi connectivity index (χ0v) is 17.0. The minimum atomic E-state index is -0.317. The molecule has 0 saturated carbocycles. The zero-order valence-electron chi connectivity index (χ0n) is 17.0. The number of piperidine rings is 1. The summed E-state index contributed by atoms with van der Waals surface area (Å²) in [6, 6.07) is 11.8. The maximum absolute atomic E-state index is 12.8. The monoisotopic (exact) mass is 395 g/mol. The molecule has 6 nitrogen and oxygen atoms in total. The van der Waals surface area contributed by atoms with Gasteiger partial charge in [-0.3, -0.25) is 14.5 Å². The van der Waals surface area contributed by atoms with E-state index in [4.69, 9.17) is 4.42 Å². The van der Waals surface area contributed by atoms with Crippen LogP contribution in [-0.2, 0) is 9.59 Å². The molecule has 0 bridgehead atoms. The van der Waals surface area contributed by atoms with Crippen LogP contribution in [-0.4, -0.2) is 42.9 Å². The predicted molar refractivity (Wildman–Crippen MR) is 112 cm³/mol. The van der Waals surface area contributed by atoms with E-state index in [0.29, 0.717) is 13.1 Å². The SMILES string of the molecule is Cc1ccc(N2C[C@H](C(=O)NC[C@@H](c3ccco3)N3CCCCC3)CC2=O)cc1. The summed E-state index contributed by atoms with van der Waals surface area (Å²) in [5.74, 6) is 0.521. The summed E-state index contributed by atoms with van der Waals surface area (Å²) in [6.45, 7) is 4.99. The van der Waals surface area contributed by atoms with Crippen molar-refractivity contribution in [2.45, 2.75) is 38.6 Å². The second kappa shape index (κ2) is 8.82. The van der Waals surface area contributed by atoms with Crippen LogP contribution >= 0.6 is 0 Å². The second-order valence-corrected chi connectivity index (χ2v) is 8.11. The molecule has 154 valence electrons. The Hall–Kier alpha value is -2.60. The Balaban J connectivity index is 1.38. The molecule has 0 spiro atoms. The Bertz CT molecular complexity index is 826. The molecule has 2 saturated heterocycles. The summed E-state index contributed by atoms with van der Waals surface area (Å²) in [7, 11) is 0. The Labute approximate surface area is 171 Å². The smallest absolute Gasteiger partial charge is 0.227 e.